The Kier molecular flexibility index (Phi) is 10.8. The predicted octanol–water partition coefficient (Wildman–Crippen LogP) is 5.85. The summed E-state index contributed by atoms with van der Waals surface area (Å²) < 4.78 is 15.9. The van der Waals surface area contributed by atoms with Crippen molar-refractivity contribution in [3.8, 4) is 17.2 Å². The summed E-state index contributed by atoms with van der Waals surface area (Å²) in [5.41, 5.74) is 2.14. The van der Waals surface area contributed by atoms with E-state index in [9.17, 15) is 14.4 Å². The molecule has 3 amide bonds. The Labute approximate surface area is 254 Å². The van der Waals surface area contributed by atoms with Gasteiger partial charge in [-0.3, -0.25) is 14.4 Å². The lowest BCUT2D eigenvalue weighted by molar-refractivity contribution is -0.114. The van der Waals surface area contributed by atoms with Gasteiger partial charge in [0, 0.05) is 27.4 Å². The highest BCUT2D eigenvalue weighted by molar-refractivity contribution is 8.00. The summed E-state index contributed by atoms with van der Waals surface area (Å²) in [5, 5.41) is 8.39. The molecule has 0 unspecified atom stereocenters. The van der Waals surface area contributed by atoms with E-state index in [2.05, 4.69) is 16.0 Å². The number of carbonyl (C=O) groups excluding carboxylic acids is 3. The van der Waals surface area contributed by atoms with Gasteiger partial charge in [0.05, 0.1) is 27.1 Å². The quantitative estimate of drug-likeness (QED) is 0.139. The van der Waals surface area contributed by atoms with Gasteiger partial charge in [-0.05, 0) is 84.9 Å². The number of anilines is 2. The first-order valence-electron chi connectivity index (χ1n) is 13.2. The zero-order valence-electron chi connectivity index (χ0n) is 23.9. The van der Waals surface area contributed by atoms with Crippen LogP contribution in [0.25, 0.3) is 6.08 Å². The lowest BCUT2D eigenvalue weighted by Gasteiger charge is -2.13. The Morgan fingerprint density at radius 2 is 1.35 bits per heavy atom. The summed E-state index contributed by atoms with van der Waals surface area (Å²) in [6, 6.07) is 27.9. The van der Waals surface area contributed by atoms with E-state index in [0.29, 0.717) is 39.8 Å². The van der Waals surface area contributed by atoms with Crippen molar-refractivity contribution in [1.29, 1.82) is 0 Å². The lowest BCUT2D eigenvalue weighted by atomic mass is 10.1. The van der Waals surface area contributed by atoms with Crippen molar-refractivity contribution >= 4 is 46.9 Å². The maximum absolute atomic E-state index is 13.4. The molecule has 4 rings (SSSR count). The highest BCUT2D eigenvalue weighted by atomic mass is 32.2. The van der Waals surface area contributed by atoms with Crippen molar-refractivity contribution in [1.82, 2.24) is 5.32 Å². The SMILES string of the molecule is COc1ccc(NC(=O)CSc2ccc(NC(=O)/C(=C/c3cc(OC)ccc3OC)NC(=O)c3ccccc3)cc2)cc1. The number of ether oxygens (including phenoxy) is 3. The third-order valence-electron chi connectivity index (χ3n) is 6.12. The molecule has 10 heteroatoms. The summed E-state index contributed by atoms with van der Waals surface area (Å²) in [6.45, 7) is 0. The van der Waals surface area contributed by atoms with Gasteiger partial charge in [-0.2, -0.15) is 0 Å². The molecule has 0 radical (unpaired) electrons. The maximum Gasteiger partial charge on any atom is 0.272 e. The van der Waals surface area contributed by atoms with E-state index < -0.39 is 11.8 Å². The molecule has 0 atom stereocenters. The van der Waals surface area contributed by atoms with Crippen LogP contribution in [0.3, 0.4) is 0 Å². The van der Waals surface area contributed by atoms with Crippen molar-refractivity contribution in [3.05, 3.63) is 114 Å². The number of methoxy groups -OCH3 is 3. The average molecular weight is 598 g/mol. The summed E-state index contributed by atoms with van der Waals surface area (Å²) >= 11 is 1.36. The van der Waals surface area contributed by atoms with Gasteiger partial charge >= 0.3 is 0 Å². The normalized spacial score (nSPS) is 10.8. The van der Waals surface area contributed by atoms with Crippen LogP contribution in [0, 0.1) is 0 Å². The van der Waals surface area contributed by atoms with Crippen molar-refractivity contribution in [2.75, 3.05) is 37.7 Å². The molecule has 220 valence electrons. The first-order valence-corrected chi connectivity index (χ1v) is 14.2. The van der Waals surface area contributed by atoms with Gasteiger partial charge < -0.3 is 30.2 Å². The largest absolute Gasteiger partial charge is 0.497 e. The van der Waals surface area contributed by atoms with Crippen LogP contribution >= 0.6 is 11.8 Å². The smallest absolute Gasteiger partial charge is 0.272 e. The predicted molar refractivity (Wildman–Crippen MR) is 169 cm³/mol. The van der Waals surface area contributed by atoms with Crippen LogP contribution in [0.15, 0.2) is 108 Å². The van der Waals surface area contributed by atoms with E-state index in [0.717, 1.165) is 4.90 Å². The van der Waals surface area contributed by atoms with E-state index in [1.165, 1.54) is 32.1 Å². The second kappa shape index (κ2) is 15.1. The number of hydrogen-bond donors (Lipinski definition) is 3. The van der Waals surface area contributed by atoms with Gasteiger partial charge in [0.25, 0.3) is 11.8 Å². The number of benzene rings is 4. The average Bonchev–Trinajstić information content (AvgIpc) is 3.04. The molecule has 4 aromatic carbocycles. The second-order valence-corrected chi connectivity index (χ2v) is 10.1. The summed E-state index contributed by atoms with van der Waals surface area (Å²) in [7, 11) is 4.64. The number of rotatable bonds is 12. The first-order chi connectivity index (χ1) is 20.9. The topological polar surface area (TPSA) is 115 Å². The second-order valence-electron chi connectivity index (χ2n) is 9.03. The molecule has 0 aromatic heterocycles. The Bertz CT molecular complexity index is 1590. The molecular weight excluding hydrogens is 566 g/mol. The molecule has 0 aliphatic rings. The van der Waals surface area contributed by atoms with E-state index in [4.69, 9.17) is 14.2 Å². The lowest BCUT2D eigenvalue weighted by Crippen LogP contribution is -2.30. The summed E-state index contributed by atoms with van der Waals surface area (Å²) in [4.78, 5) is 39.6. The van der Waals surface area contributed by atoms with E-state index >= 15 is 0 Å². The van der Waals surface area contributed by atoms with Crippen molar-refractivity contribution < 1.29 is 28.6 Å². The third kappa shape index (κ3) is 8.88. The first kappa shape index (κ1) is 30.7. The standard InChI is InChI=1S/C33H31N3O6S/c1-40-26-13-9-24(10-14-26)34-31(37)21-43-28-16-11-25(12-17-28)35-33(39)29(36-32(38)22-7-5-4-6-8-22)20-23-19-27(41-2)15-18-30(23)42-3/h4-20H,21H2,1-3H3,(H,34,37)(H,35,39)(H,36,38)/b29-20-. The van der Waals surface area contributed by atoms with Crippen LogP contribution in [0.4, 0.5) is 11.4 Å². The molecular formula is C33H31N3O6S. The van der Waals surface area contributed by atoms with Crippen LogP contribution in [-0.4, -0.2) is 44.8 Å². The molecule has 0 aliphatic carbocycles. The molecule has 4 aromatic rings. The minimum Gasteiger partial charge on any atom is -0.497 e. The Morgan fingerprint density at radius 1 is 0.721 bits per heavy atom. The molecule has 0 saturated carbocycles. The fourth-order valence-electron chi connectivity index (χ4n) is 3.90. The van der Waals surface area contributed by atoms with Crippen LogP contribution in [0.2, 0.25) is 0 Å². The zero-order valence-corrected chi connectivity index (χ0v) is 24.7. The minimum absolute atomic E-state index is 0.00839. The Hall–Kier alpha value is -5.22. The molecule has 0 bridgehead atoms. The number of carbonyl (C=O) groups is 3. The number of amides is 3. The molecule has 9 nitrogen and oxygen atoms in total. The number of hydrogen-bond acceptors (Lipinski definition) is 7. The van der Waals surface area contributed by atoms with Gasteiger partial charge in [0.15, 0.2) is 0 Å². The number of thioether (sulfide) groups is 1. The van der Waals surface area contributed by atoms with Crippen LogP contribution in [0.1, 0.15) is 15.9 Å². The van der Waals surface area contributed by atoms with Gasteiger partial charge in [-0.15, -0.1) is 11.8 Å². The fourth-order valence-corrected chi connectivity index (χ4v) is 4.60. The molecule has 0 saturated heterocycles. The molecule has 0 spiro atoms. The molecule has 3 N–H and O–H groups in total. The Morgan fingerprint density at radius 3 is 2.00 bits per heavy atom. The third-order valence-corrected chi connectivity index (χ3v) is 7.13. The van der Waals surface area contributed by atoms with Gasteiger partial charge in [0.2, 0.25) is 5.91 Å². The van der Waals surface area contributed by atoms with Gasteiger partial charge in [-0.25, -0.2) is 0 Å². The minimum atomic E-state index is -0.534. The monoisotopic (exact) mass is 597 g/mol. The van der Waals surface area contributed by atoms with Gasteiger partial charge in [0.1, 0.15) is 22.9 Å². The summed E-state index contributed by atoms with van der Waals surface area (Å²) in [6.07, 6.45) is 1.53. The highest BCUT2D eigenvalue weighted by Gasteiger charge is 2.17. The molecule has 0 fully saturated rings. The summed E-state index contributed by atoms with van der Waals surface area (Å²) in [5.74, 6) is 0.852. The maximum atomic E-state index is 13.4. The van der Waals surface area contributed by atoms with Crippen molar-refractivity contribution in [2.45, 2.75) is 4.90 Å². The highest BCUT2D eigenvalue weighted by Crippen LogP contribution is 2.27. The van der Waals surface area contributed by atoms with Crippen molar-refractivity contribution in [2.24, 2.45) is 0 Å². The molecule has 0 heterocycles. The van der Waals surface area contributed by atoms with Crippen LogP contribution < -0.4 is 30.2 Å². The van der Waals surface area contributed by atoms with E-state index in [1.807, 2.05) is 0 Å². The fraction of sp³-hybridized carbons (Fsp3) is 0.121. The Balaban J connectivity index is 1.45. The zero-order chi connectivity index (χ0) is 30.6. The van der Waals surface area contributed by atoms with E-state index in [-0.39, 0.29) is 17.4 Å². The molecule has 43 heavy (non-hydrogen) atoms. The van der Waals surface area contributed by atoms with E-state index in [1.54, 1.807) is 104 Å². The van der Waals surface area contributed by atoms with Crippen molar-refractivity contribution in [3.63, 3.8) is 0 Å². The number of nitrogens with one attached hydrogen (secondary N) is 3. The van der Waals surface area contributed by atoms with Crippen LogP contribution in [0.5, 0.6) is 17.2 Å². The van der Waals surface area contributed by atoms with Gasteiger partial charge in [-0.1, -0.05) is 18.2 Å². The van der Waals surface area contributed by atoms with Crippen LogP contribution in [-0.2, 0) is 9.59 Å². The molecule has 0 aliphatic heterocycles.